The average molecular weight is 292 g/mol. The maximum absolute atomic E-state index is 11.6. The molecule has 1 rings (SSSR count). The Labute approximate surface area is 126 Å². The third-order valence-electron chi connectivity index (χ3n) is 3.80. The van der Waals surface area contributed by atoms with Gasteiger partial charge in [0.1, 0.15) is 0 Å². The molecule has 0 spiro atoms. The highest BCUT2D eigenvalue weighted by atomic mass is 16.3. The fourth-order valence-electron chi connectivity index (χ4n) is 2.10. The van der Waals surface area contributed by atoms with Gasteiger partial charge in [-0.05, 0) is 26.3 Å². The van der Waals surface area contributed by atoms with E-state index in [9.17, 15) is 9.70 Å². The van der Waals surface area contributed by atoms with E-state index in [1.54, 1.807) is 11.0 Å². The largest absolute Gasteiger partial charge is 0.338 e. The van der Waals surface area contributed by atoms with E-state index in [4.69, 9.17) is 0 Å². The number of nitroso groups, excluding NO2 is 1. The number of allylic oxidation sites excluding steroid dienone is 3. The molecule has 0 N–H and O–H groups in total. The summed E-state index contributed by atoms with van der Waals surface area (Å²) in [6, 6.07) is 0.207. The van der Waals surface area contributed by atoms with E-state index in [0.717, 1.165) is 24.4 Å². The van der Waals surface area contributed by atoms with Gasteiger partial charge >= 0.3 is 0 Å². The van der Waals surface area contributed by atoms with Crippen molar-refractivity contribution in [2.75, 3.05) is 32.7 Å². The average Bonchev–Trinajstić information content (AvgIpc) is 2.51. The summed E-state index contributed by atoms with van der Waals surface area (Å²) in [5.74, 6) is -0.189. The lowest BCUT2D eigenvalue weighted by atomic mass is 10.2. The molecule has 6 nitrogen and oxygen atoms in total. The van der Waals surface area contributed by atoms with Crippen LogP contribution in [0.1, 0.15) is 20.8 Å². The molecule has 1 saturated heterocycles. The number of rotatable bonds is 6. The number of aliphatic imine (C=N–C) groups is 1. The summed E-state index contributed by atoms with van der Waals surface area (Å²) in [7, 11) is 0. The molecule has 1 unspecified atom stereocenters. The first-order chi connectivity index (χ1) is 9.99. The van der Waals surface area contributed by atoms with Crippen LogP contribution in [0.5, 0.6) is 0 Å². The fraction of sp³-hybridized carbons (Fsp3) is 0.600. The summed E-state index contributed by atoms with van der Waals surface area (Å²) >= 11 is 0. The van der Waals surface area contributed by atoms with Crippen molar-refractivity contribution in [2.24, 2.45) is 10.2 Å². The molecule has 0 bridgehead atoms. The van der Waals surface area contributed by atoms with Crippen molar-refractivity contribution in [2.45, 2.75) is 26.8 Å². The lowest BCUT2D eigenvalue weighted by molar-refractivity contribution is -0.131. The molecule has 0 aromatic rings. The van der Waals surface area contributed by atoms with Crippen LogP contribution in [0.15, 0.2) is 34.1 Å². The van der Waals surface area contributed by atoms with Gasteiger partial charge in [-0.15, -0.1) is 0 Å². The molecule has 1 aliphatic rings. The van der Waals surface area contributed by atoms with Gasteiger partial charge in [-0.3, -0.25) is 14.7 Å². The van der Waals surface area contributed by atoms with Crippen molar-refractivity contribution >= 4 is 12.1 Å². The highest BCUT2D eigenvalue weighted by molar-refractivity contribution is 5.78. The number of carbonyl (C=O) groups is 1. The quantitative estimate of drug-likeness (QED) is 0.426. The van der Waals surface area contributed by atoms with Crippen LogP contribution in [0.3, 0.4) is 0 Å². The number of nitrogens with zero attached hydrogens (tertiary/aromatic N) is 4. The molecule has 0 aliphatic carbocycles. The Morgan fingerprint density at radius 3 is 2.43 bits per heavy atom. The van der Waals surface area contributed by atoms with Gasteiger partial charge in [-0.25, -0.2) is 0 Å². The van der Waals surface area contributed by atoms with Gasteiger partial charge < -0.3 is 4.90 Å². The van der Waals surface area contributed by atoms with Gasteiger partial charge in [0, 0.05) is 44.1 Å². The van der Waals surface area contributed by atoms with E-state index in [1.807, 2.05) is 20.1 Å². The van der Waals surface area contributed by atoms with Crippen LogP contribution in [0.25, 0.3) is 0 Å². The maximum Gasteiger partial charge on any atom is 0.247 e. The van der Waals surface area contributed by atoms with Crippen molar-refractivity contribution in [3.63, 3.8) is 0 Å². The highest BCUT2D eigenvalue weighted by Gasteiger charge is 2.23. The van der Waals surface area contributed by atoms with E-state index < -0.39 is 0 Å². The van der Waals surface area contributed by atoms with Gasteiger partial charge in [0.15, 0.2) is 6.54 Å². The van der Waals surface area contributed by atoms with Crippen LogP contribution in [-0.2, 0) is 4.79 Å². The molecule has 1 fully saturated rings. The Kier molecular flexibility index (Phi) is 6.94. The summed E-state index contributed by atoms with van der Waals surface area (Å²) in [5.41, 5.74) is 2.03. The second kappa shape index (κ2) is 8.46. The minimum absolute atomic E-state index is 0.189. The Bertz CT molecular complexity index is 449. The number of hydrogen-bond donors (Lipinski definition) is 0. The summed E-state index contributed by atoms with van der Waals surface area (Å²) in [5, 5.41) is 2.65. The first kappa shape index (κ1) is 17.2. The molecular formula is C15H24N4O2. The van der Waals surface area contributed by atoms with Crippen LogP contribution < -0.4 is 0 Å². The van der Waals surface area contributed by atoms with Crippen molar-refractivity contribution in [3.05, 3.63) is 28.8 Å². The van der Waals surface area contributed by atoms with Crippen LogP contribution in [0.4, 0.5) is 0 Å². The minimum atomic E-state index is -0.262. The van der Waals surface area contributed by atoms with Crippen LogP contribution in [-0.4, -0.2) is 60.7 Å². The highest BCUT2D eigenvalue weighted by Crippen LogP contribution is 2.08. The summed E-state index contributed by atoms with van der Waals surface area (Å²) in [4.78, 5) is 30.1. The van der Waals surface area contributed by atoms with Crippen LogP contribution >= 0.6 is 0 Å². The molecule has 0 aromatic carbocycles. The molecule has 21 heavy (non-hydrogen) atoms. The molecule has 0 radical (unpaired) electrons. The lowest BCUT2D eigenvalue weighted by Gasteiger charge is -2.36. The molecule has 6 heteroatoms. The maximum atomic E-state index is 11.6. The standard InChI is InChI=1S/C15H24N4O2/c1-5-12(2)14(4)16-10-13(3)18-6-8-19(9-7-18)15(20)11-17-21/h5,10,13H,1,6-9,11H2,2-4H3/b14-12+,16-10-. The van der Waals surface area contributed by atoms with Crippen LogP contribution in [0.2, 0.25) is 0 Å². The van der Waals surface area contributed by atoms with Crippen molar-refractivity contribution in [3.8, 4) is 0 Å². The second-order valence-corrected chi connectivity index (χ2v) is 5.20. The Morgan fingerprint density at radius 2 is 1.90 bits per heavy atom. The van der Waals surface area contributed by atoms with Gasteiger partial charge in [-0.2, -0.15) is 4.91 Å². The Hall–Kier alpha value is -1.82. The smallest absolute Gasteiger partial charge is 0.247 e. The van der Waals surface area contributed by atoms with Gasteiger partial charge in [0.05, 0.1) is 0 Å². The van der Waals surface area contributed by atoms with E-state index in [-0.39, 0.29) is 18.5 Å². The molecular weight excluding hydrogens is 268 g/mol. The first-order valence-electron chi connectivity index (χ1n) is 7.14. The number of carbonyl (C=O) groups excluding carboxylic acids is 1. The zero-order valence-electron chi connectivity index (χ0n) is 13.1. The van der Waals surface area contributed by atoms with Crippen molar-refractivity contribution < 1.29 is 4.79 Å². The predicted molar refractivity (Wildman–Crippen MR) is 85.3 cm³/mol. The van der Waals surface area contributed by atoms with Crippen molar-refractivity contribution in [1.29, 1.82) is 0 Å². The first-order valence-corrected chi connectivity index (χ1v) is 7.14. The molecule has 0 aromatic heterocycles. The Morgan fingerprint density at radius 1 is 1.29 bits per heavy atom. The molecule has 1 atom stereocenters. The molecule has 116 valence electrons. The second-order valence-electron chi connectivity index (χ2n) is 5.20. The van der Waals surface area contributed by atoms with Crippen LogP contribution in [0, 0.1) is 4.91 Å². The summed E-state index contributed by atoms with van der Waals surface area (Å²) in [6.07, 6.45) is 3.72. The summed E-state index contributed by atoms with van der Waals surface area (Å²) in [6.45, 7) is 12.3. The van der Waals surface area contributed by atoms with Gasteiger partial charge in [0.2, 0.25) is 5.91 Å². The summed E-state index contributed by atoms with van der Waals surface area (Å²) < 4.78 is 0. The predicted octanol–water partition coefficient (Wildman–Crippen LogP) is 1.84. The van der Waals surface area contributed by atoms with E-state index in [0.29, 0.717) is 13.1 Å². The van der Waals surface area contributed by atoms with E-state index >= 15 is 0 Å². The third kappa shape index (κ3) is 5.23. The van der Waals surface area contributed by atoms with Crippen molar-refractivity contribution in [1.82, 2.24) is 9.80 Å². The SMILES string of the molecule is C=C/C(C)=C(C)/N=C\C(C)N1CCN(C(=O)CN=O)CC1. The molecule has 1 amide bonds. The topological polar surface area (TPSA) is 65.3 Å². The number of amides is 1. The van der Waals surface area contributed by atoms with E-state index in [1.165, 1.54) is 0 Å². The normalized spacial score (nSPS) is 19.3. The Balaban J connectivity index is 2.50. The number of piperazine rings is 1. The molecule has 1 heterocycles. The monoisotopic (exact) mass is 292 g/mol. The zero-order chi connectivity index (χ0) is 15.8. The molecule has 1 aliphatic heterocycles. The number of hydrogen-bond acceptors (Lipinski definition) is 5. The minimum Gasteiger partial charge on any atom is -0.338 e. The molecule has 0 saturated carbocycles. The zero-order valence-corrected chi connectivity index (χ0v) is 13.1. The fourth-order valence-corrected chi connectivity index (χ4v) is 2.10. The van der Waals surface area contributed by atoms with Gasteiger partial charge in [0.25, 0.3) is 0 Å². The van der Waals surface area contributed by atoms with E-state index in [2.05, 4.69) is 28.6 Å². The van der Waals surface area contributed by atoms with Gasteiger partial charge in [-0.1, -0.05) is 17.8 Å². The lowest BCUT2D eigenvalue weighted by Crippen LogP contribution is -2.52. The third-order valence-corrected chi connectivity index (χ3v) is 3.80.